The van der Waals surface area contributed by atoms with E-state index < -0.39 is 5.91 Å². The second-order valence-corrected chi connectivity index (χ2v) is 7.78. The van der Waals surface area contributed by atoms with Crippen LogP contribution in [0.5, 0.6) is 17.4 Å². The molecule has 0 unspecified atom stereocenters. The Kier molecular flexibility index (Phi) is 7.49. The molecule has 1 amide bonds. The molecule has 0 saturated heterocycles. The van der Waals surface area contributed by atoms with E-state index in [1.54, 1.807) is 19.2 Å². The van der Waals surface area contributed by atoms with E-state index in [0.29, 0.717) is 28.9 Å². The van der Waals surface area contributed by atoms with Crippen LogP contribution in [0.1, 0.15) is 36.2 Å². The van der Waals surface area contributed by atoms with Gasteiger partial charge in [-0.15, -0.1) is 0 Å². The van der Waals surface area contributed by atoms with Gasteiger partial charge >= 0.3 is 0 Å². The smallest absolute Gasteiger partial charge is 0.250 e. The van der Waals surface area contributed by atoms with Gasteiger partial charge in [0.05, 0.1) is 12.7 Å². The number of nitrogens with zero attached hydrogens (tertiary/aromatic N) is 2. The van der Waals surface area contributed by atoms with Crippen molar-refractivity contribution in [3.8, 4) is 17.4 Å². The van der Waals surface area contributed by atoms with E-state index in [-0.39, 0.29) is 0 Å². The number of ether oxygens (including phenoxy) is 2. The largest absolute Gasteiger partial charge is 0.493 e. The molecule has 3 rings (SSSR count). The van der Waals surface area contributed by atoms with E-state index in [0.717, 1.165) is 25.1 Å². The normalized spacial score (nSPS) is 10.7. The van der Waals surface area contributed by atoms with Gasteiger partial charge in [-0.1, -0.05) is 38.1 Å². The van der Waals surface area contributed by atoms with Crippen molar-refractivity contribution in [2.24, 2.45) is 11.7 Å². The number of carbonyl (C=O) groups excluding carboxylic acids is 1. The summed E-state index contributed by atoms with van der Waals surface area (Å²) in [6.07, 6.45) is 2.51. The highest BCUT2D eigenvalue weighted by Crippen LogP contribution is 2.32. The summed E-state index contributed by atoms with van der Waals surface area (Å²) >= 11 is 0. The number of carbonyl (C=O) groups is 1. The molecule has 3 aromatic rings. The molecular formula is C25H29N3O3. The monoisotopic (exact) mass is 419 g/mol. The zero-order valence-corrected chi connectivity index (χ0v) is 18.2. The van der Waals surface area contributed by atoms with Crippen LogP contribution in [0.15, 0.2) is 66.9 Å². The van der Waals surface area contributed by atoms with Crippen LogP contribution in [0.3, 0.4) is 0 Å². The Labute approximate surface area is 183 Å². The van der Waals surface area contributed by atoms with Crippen LogP contribution in [0, 0.1) is 5.92 Å². The first-order chi connectivity index (χ1) is 15.0. The average Bonchev–Trinajstić information content (AvgIpc) is 2.78. The number of benzene rings is 2. The Balaban J connectivity index is 1.77. The number of nitrogens with two attached hydrogens (primary N) is 1. The molecule has 162 valence electrons. The number of anilines is 1. The first-order valence-corrected chi connectivity index (χ1v) is 10.4. The van der Waals surface area contributed by atoms with E-state index in [1.165, 1.54) is 11.9 Å². The molecule has 0 radical (unpaired) electrons. The standard InChI is InChI=1S/C25H29N3O3/c1-18(2)13-14-28(21-7-5-4-6-8-21)17-19-9-11-22(23(15-19)30-3)31-24-12-10-20(16-27-24)25(26)29/h4-12,15-16,18H,13-14,17H2,1-3H3,(H2,26,29). The van der Waals surface area contributed by atoms with Crippen molar-refractivity contribution >= 4 is 11.6 Å². The molecule has 0 spiro atoms. The molecule has 0 atom stereocenters. The summed E-state index contributed by atoms with van der Waals surface area (Å²) in [6.45, 7) is 6.21. The van der Waals surface area contributed by atoms with Gasteiger partial charge in [0.1, 0.15) is 0 Å². The predicted molar refractivity (Wildman–Crippen MR) is 123 cm³/mol. The van der Waals surface area contributed by atoms with Gasteiger partial charge < -0.3 is 20.1 Å². The van der Waals surface area contributed by atoms with Gasteiger partial charge in [-0.3, -0.25) is 4.79 Å². The molecule has 2 N–H and O–H groups in total. The minimum Gasteiger partial charge on any atom is -0.493 e. The summed E-state index contributed by atoms with van der Waals surface area (Å²) in [5.74, 6) is 1.64. The first-order valence-electron chi connectivity index (χ1n) is 10.4. The highest BCUT2D eigenvalue weighted by atomic mass is 16.5. The fourth-order valence-corrected chi connectivity index (χ4v) is 3.17. The Hall–Kier alpha value is -3.54. The average molecular weight is 420 g/mol. The van der Waals surface area contributed by atoms with Crippen molar-refractivity contribution in [2.45, 2.75) is 26.8 Å². The molecule has 6 heteroatoms. The number of hydrogen-bond donors (Lipinski definition) is 1. The van der Waals surface area contributed by atoms with E-state index in [2.05, 4.69) is 48.0 Å². The summed E-state index contributed by atoms with van der Waals surface area (Å²) in [5, 5.41) is 0. The maximum absolute atomic E-state index is 11.2. The lowest BCUT2D eigenvalue weighted by Crippen LogP contribution is -2.24. The molecule has 6 nitrogen and oxygen atoms in total. The first kappa shape index (κ1) is 22.2. The topological polar surface area (TPSA) is 77.7 Å². The fourth-order valence-electron chi connectivity index (χ4n) is 3.17. The predicted octanol–water partition coefficient (Wildman–Crippen LogP) is 5.03. The Morgan fingerprint density at radius 1 is 1.06 bits per heavy atom. The quantitative estimate of drug-likeness (QED) is 0.498. The summed E-state index contributed by atoms with van der Waals surface area (Å²) in [5.41, 5.74) is 7.90. The van der Waals surface area contributed by atoms with Gasteiger partial charge in [-0.2, -0.15) is 0 Å². The summed E-state index contributed by atoms with van der Waals surface area (Å²) < 4.78 is 11.4. The van der Waals surface area contributed by atoms with Gasteiger partial charge in [0.2, 0.25) is 11.8 Å². The molecule has 0 bridgehead atoms. The Bertz CT molecular complexity index is 989. The molecule has 31 heavy (non-hydrogen) atoms. The lowest BCUT2D eigenvalue weighted by atomic mass is 10.1. The van der Waals surface area contributed by atoms with Gasteiger partial charge in [-0.05, 0) is 48.2 Å². The number of amides is 1. The highest BCUT2D eigenvalue weighted by molar-refractivity contribution is 5.92. The number of aromatic nitrogens is 1. The second kappa shape index (κ2) is 10.5. The molecule has 2 aromatic carbocycles. The Morgan fingerprint density at radius 3 is 2.45 bits per heavy atom. The van der Waals surface area contributed by atoms with Crippen molar-refractivity contribution in [3.05, 3.63) is 78.0 Å². The summed E-state index contributed by atoms with van der Waals surface area (Å²) in [6, 6.07) is 19.5. The van der Waals surface area contributed by atoms with Crippen LogP contribution < -0.4 is 20.1 Å². The van der Waals surface area contributed by atoms with Gasteiger partial charge in [-0.25, -0.2) is 4.98 Å². The zero-order chi connectivity index (χ0) is 22.2. The SMILES string of the molecule is COc1cc(CN(CCC(C)C)c2ccccc2)ccc1Oc1ccc(C(N)=O)cn1. The van der Waals surface area contributed by atoms with Crippen LogP contribution in [-0.4, -0.2) is 24.5 Å². The number of primary amides is 1. The van der Waals surface area contributed by atoms with Gasteiger partial charge in [0.15, 0.2) is 11.5 Å². The van der Waals surface area contributed by atoms with Crippen molar-refractivity contribution < 1.29 is 14.3 Å². The second-order valence-electron chi connectivity index (χ2n) is 7.78. The molecular weight excluding hydrogens is 390 g/mol. The van der Waals surface area contributed by atoms with Crippen molar-refractivity contribution in [1.82, 2.24) is 4.98 Å². The van der Waals surface area contributed by atoms with E-state index in [1.807, 2.05) is 24.3 Å². The van der Waals surface area contributed by atoms with E-state index in [9.17, 15) is 4.79 Å². The lowest BCUT2D eigenvalue weighted by Gasteiger charge is -2.26. The zero-order valence-electron chi connectivity index (χ0n) is 18.2. The van der Waals surface area contributed by atoms with Gasteiger partial charge in [0, 0.05) is 31.0 Å². The number of hydrogen-bond acceptors (Lipinski definition) is 5. The molecule has 1 aromatic heterocycles. The molecule has 0 aliphatic carbocycles. The van der Waals surface area contributed by atoms with Crippen molar-refractivity contribution in [2.75, 3.05) is 18.6 Å². The lowest BCUT2D eigenvalue weighted by molar-refractivity contribution is 0.1000. The Morgan fingerprint density at radius 2 is 1.84 bits per heavy atom. The number of para-hydroxylation sites is 1. The van der Waals surface area contributed by atoms with Crippen molar-refractivity contribution in [3.63, 3.8) is 0 Å². The fraction of sp³-hybridized carbons (Fsp3) is 0.280. The molecule has 0 aliphatic heterocycles. The van der Waals surface area contributed by atoms with E-state index in [4.69, 9.17) is 15.2 Å². The summed E-state index contributed by atoms with van der Waals surface area (Å²) in [7, 11) is 1.61. The third-order valence-electron chi connectivity index (χ3n) is 4.93. The van der Waals surface area contributed by atoms with Crippen molar-refractivity contribution in [1.29, 1.82) is 0 Å². The summed E-state index contributed by atoms with van der Waals surface area (Å²) in [4.78, 5) is 17.7. The molecule has 0 fully saturated rings. The highest BCUT2D eigenvalue weighted by Gasteiger charge is 2.13. The minimum absolute atomic E-state index is 0.331. The third kappa shape index (κ3) is 6.22. The maximum Gasteiger partial charge on any atom is 0.250 e. The molecule has 1 heterocycles. The minimum atomic E-state index is -0.526. The van der Waals surface area contributed by atoms with Crippen LogP contribution in [0.4, 0.5) is 5.69 Å². The molecule has 0 saturated carbocycles. The number of rotatable bonds is 10. The van der Waals surface area contributed by atoms with Crippen LogP contribution in [-0.2, 0) is 6.54 Å². The van der Waals surface area contributed by atoms with Crippen LogP contribution >= 0.6 is 0 Å². The van der Waals surface area contributed by atoms with Crippen LogP contribution in [0.2, 0.25) is 0 Å². The van der Waals surface area contributed by atoms with Crippen LogP contribution in [0.25, 0.3) is 0 Å². The van der Waals surface area contributed by atoms with Gasteiger partial charge in [0.25, 0.3) is 0 Å². The number of pyridine rings is 1. The molecule has 0 aliphatic rings. The third-order valence-corrected chi connectivity index (χ3v) is 4.93. The van der Waals surface area contributed by atoms with E-state index >= 15 is 0 Å². The maximum atomic E-state index is 11.2. The number of methoxy groups -OCH3 is 1.